The van der Waals surface area contributed by atoms with Crippen molar-refractivity contribution in [3.05, 3.63) is 30.2 Å². The van der Waals surface area contributed by atoms with Crippen molar-refractivity contribution in [3.8, 4) is 0 Å². The molecule has 0 N–H and O–H groups in total. The minimum Gasteiger partial charge on any atom is -0.251 e. The van der Waals surface area contributed by atoms with Crippen LogP contribution in [0.3, 0.4) is 0 Å². The lowest BCUT2D eigenvalue weighted by molar-refractivity contribution is 1.02. The number of hydrogen-bond acceptors (Lipinski definition) is 3. The Morgan fingerprint density at radius 2 is 2.25 bits per heavy atom. The summed E-state index contributed by atoms with van der Waals surface area (Å²) in [6, 6.07) is 3.78. The number of aryl methyl sites for hydroxylation is 1. The fourth-order valence-corrected chi connectivity index (χ4v) is 1.05. The molecule has 2 aromatic rings. The standard InChI is InChI=1S/C9H9N3/c1-2-7-6-11-8-4-3-5-10-9(8)12-7/h3-6H,2H2,1H3. The zero-order valence-corrected chi connectivity index (χ0v) is 6.86. The van der Waals surface area contributed by atoms with Gasteiger partial charge in [-0.1, -0.05) is 6.92 Å². The van der Waals surface area contributed by atoms with E-state index in [1.54, 1.807) is 12.4 Å². The summed E-state index contributed by atoms with van der Waals surface area (Å²) >= 11 is 0. The van der Waals surface area contributed by atoms with Crippen molar-refractivity contribution in [1.29, 1.82) is 0 Å². The molecule has 0 aliphatic carbocycles. The molecule has 0 unspecified atom stereocenters. The first-order valence-corrected chi connectivity index (χ1v) is 3.97. The van der Waals surface area contributed by atoms with E-state index < -0.39 is 0 Å². The average Bonchev–Trinajstić information content (AvgIpc) is 2.17. The SMILES string of the molecule is CCc1cnc2cccnc2n1. The summed E-state index contributed by atoms with van der Waals surface area (Å²) in [5.41, 5.74) is 2.58. The van der Waals surface area contributed by atoms with Gasteiger partial charge in [-0.2, -0.15) is 0 Å². The van der Waals surface area contributed by atoms with Gasteiger partial charge in [0.1, 0.15) is 5.52 Å². The lowest BCUT2D eigenvalue weighted by atomic mass is 10.3. The van der Waals surface area contributed by atoms with Crippen molar-refractivity contribution in [1.82, 2.24) is 15.0 Å². The first-order valence-electron chi connectivity index (χ1n) is 3.97. The van der Waals surface area contributed by atoms with Crippen LogP contribution in [0.1, 0.15) is 12.6 Å². The monoisotopic (exact) mass is 159 g/mol. The average molecular weight is 159 g/mol. The third-order valence-electron chi connectivity index (χ3n) is 1.73. The Labute approximate surface area is 70.5 Å². The Bertz CT molecular complexity index is 398. The molecule has 3 nitrogen and oxygen atoms in total. The molecule has 0 fully saturated rings. The van der Waals surface area contributed by atoms with Gasteiger partial charge in [-0.15, -0.1) is 0 Å². The molecular formula is C9H9N3. The zero-order chi connectivity index (χ0) is 8.39. The largest absolute Gasteiger partial charge is 0.251 e. The van der Waals surface area contributed by atoms with E-state index >= 15 is 0 Å². The molecule has 2 rings (SSSR count). The number of aromatic nitrogens is 3. The maximum absolute atomic E-state index is 4.32. The van der Waals surface area contributed by atoms with Crippen LogP contribution in [0.4, 0.5) is 0 Å². The first-order chi connectivity index (χ1) is 5.90. The highest BCUT2D eigenvalue weighted by atomic mass is 14.9. The molecule has 60 valence electrons. The highest BCUT2D eigenvalue weighted by Crippen LogP contribution is 2.05. The summed E-state index contributed by atoms with van der Waals surface area (Å²) in [5.74, 6) is 0. The van der Waals surface area contributed by atoms with Crippen LogP contribution in [-0.2, 0) is 6.42 Å². The van der Waals surface area contributed by atoms with Crippen molar-refractivity contribution in [3.63, 3.8) is 0 Å². The van der Waals surface area contributed by atoms with Gasteiger partial charge in [0.25, 0.3) is 0 Å². The smallest absolute Gasteiger partial charge is 0.178 e. The topological polar surface area (TPSA) is 38.7 Å². The predicted molar refractivity (Wildman–Crippen MR) is 46.7 cm³/mol. The van der Waals surface area contributed by atoms with E-state index in [0.717, 1.165) is 23.3 Å². The van der Waals surface area contributed by atoms with Crippen LogP contribution in [0.2, 0.25) is 0 Å². The normalized spacial score (nSPS) is 10.4. The van der Waals surface area contributed by atoms with E-state index in [-0.39, 0.29) is 0 Å². The van der Waals surface area contributed by atoms with Crippen LogP contribution in [-0.4, -0.2) is 15.0 Å². The third-order valence-corrected chi connectivity index (χ3v) is 1.73. The van der Waals surface area contributed by atoms with Gasteiger partial charge in [0.2, 0.25) is 0 Å². The fourth-order valence-electron chi connectivity index (χ4n) is 1.05. The number of fused-ring (bicyclic) bond motifs is 1. The van der Waals surface area contributed by atoms with Crippen molar-refractivity contribution in [2.75, 3.05) is 0 Å². The molecule has 0 radical (unpaired) electrons. The zero-order valence-electron chi connectivity index (χ0n) is 6.86. The summed E-state index contributed by atoms with van der Waals surface area (Å²) in [4.78, 5) is 12.7. The Morgan fingerprint density at radius 1 is 1.33 bits per heavy atom. The molecule has 3 heteroatoms. The molecule has 0 aliphatic heterocycles. The van der Waals surface area contributed by atoms with Crippen molar-refractivity contribution >= 4 is 11.2 Å². The van der Waals surface area contributed by atoms with Gasteiger partial charge in [0.05, 0.1) is 5.69 Å². The third kappa shape index (κ3) is 1.13. The molecule has 0 saturated carbocycles. The Kier molecular flexibility index (Phi) is 1.70. The fraction of sp³-hybridized carbons (Fsp3) is 0.222. The highest BCUT2D eigenvalue weighted by molar-refractivity contribution is 5.68. The molecule has 2 heterocycles. The van der Waals surface area contributed by atoms with Crippen LogP contribution >= 0.6 is 0 Å². The quantitative estimate of drug-likeness (QED) is 0.634. The van der Waals surface area contributed by atoms with Crippen LogP contribution < -0.4 is 0 Å². The first kappa shape index (κ1) is 7.16. The molecule has 2 aromatic heterocycles. The molecule has 0 atom stereocenters. The second-order valence-electron chi connectivity index (χ2n) is 2.56. The van der Waals surface area contributed by atoms with E-state index in [4.69, 9.17) is 0 Å². The molecule has 0 aliphatic rings. The molecule has 0 aromatic carbocycles. The van der Waals surface area contributed by atoms with Gasteiger partial charge in [0, 0.05) is 12.4 Å². The molecular weight excluding hydrogens is 150 g/mol. The Balaban J connectivity index is 2.67. The van der Waals surface area contributed by atoms with Gasteiger partial charge in [0.15, 0.2) is 5.65 Å². The van der Waals surface area contributed by atoms with Gasteiger partial charge < -0.3 is 0 Å². The van der Waals surface area contributed by atoms with Crippen LogP contribution in [0.15, 0.2) is 24.5 Å². The highest BCUT2D eigenvalue weighted by Gasteiger charge is 1.96. The summed E-state index contributed by atoms with van der Waals surface area (Å²) < 4.78 is 0. The molecule has 0 saturated heterocycles. The van der Waals surface area contributed by atoms with Crippen molar-refractivity contribution in [2.45, 2.75) is 13.3 Å². The summed E-state index contributed by atoms with van der Waals surface area (Å²) in [6.45, 7) is 2.05. The number of pyridine rings is 1. The minimum atomic E-state index is 0.733. The minimum absolute atomic E-state index is 0.733. The van der Waals surface area contributed by atoms with Crippen LogP contribution in [0.25, 0.3) is 11.2 Å². The number of hydrogen-bond donors (Lipinski definition) is 0. The maximum atomic E-state index is 4.32. The maximum Gasteiger partial charge on any atom is 0.178 e. The van der Waals surface area contributed by atoms with Gasteiger partial charge >= 0.3 is 0 Å². The Hall–Kier alpha value is -1.51. The summed E-state index contributed by atoms with van der Waals surface area (Å²) in [7, 11) is 0. The molecule has 12 heavy (non-hydrogen) atoms. The van der Waals surface area contributed by atoms with E-state index in [9.17, 15) is 0 Å². The second kappa shape index (κ2) is 2.85. The summed E-state index contributed by atoms with van der Waals surface area (Å²) in [5, 5.41) is 0. The van der Waals surface area contributed by atoms with Crippen molar-refractivity contribution < 1.29 is 0 Å². The summed E-state index contributed by atoms with van der Waals surface area (Å²) in [6.07, 6.45) is 4.43. The lowest BCUT2D eigenvalue weighted by Crippen LogP contribution is -1.92. The van der Waals surface area contributed by atoms with E-state index in [0.29, 0.717) is 0 Å². The van der Waals surface area contributed by atoms with Gasteiger partial charge in [-0.3, -0.25) is 4.98 Å². The van der Waals surface area contributed by atoms with Crippen LogP contribution in [0.5, 0.6) is 0 Å². The molecule has 0 bridgehead atoms. The Morgan fingerprint density at radius 3 is 3.08 bits per heavy atom. The number of rotatable bonds is 1. The second-order valence-corrected chi connectivity index (χ2v) is 2.56. The van der Waals surface area contributed by atoms with Crippen LogP contribution in [0, 0.1) is 0 Å². The molecule has 0 spiro atoms. The molecule has 0 amide bonds. The lowest BCUT2D eigenvalue weighted by Gasteiger charge is -1.96. The van der Waals surface area contributed by atoms with Crippen molar-refractivity contribution in [2.24, 2.45) is 0 Å². The van der Waals surface area contributed by atoms with E-state index in [1.165, 1.54) is 0 Å². The van der Waals surface area contributed by atoms with E-state index in [1.807, 2.05) is 12.1 Å². The number of nitrogens with zero attached hydrogens (tertiary/aromatic N) is 3. The van der Waals surface area contributed by atoms with E-state index in [2.05, 4.69) is 21.9 Å². The van der Waals surface area contributed by atoms with Gasteiger partial charge in [-0.25, -0.2) is 9.97 Å². The predicted octanol–water partition coefficient (Wildman–Crippen LogP) is 1.59. The van der Waals surface area contributed by atoms with Gasteiger partial charge in [-0.05, 0) is 18.6 Å².